The summed E-state index contributed by atoms with van der Waals surface area (Å²) in [7, 11) is 0. The maximum absolute atomic E-state index is 14.0. The lowest BCUT2D eigenvalue weighted by molar-refractivity contribution is -0.142. The monoisotopic (exact) mass is 802 g/mol. The topological polar surface area (TPSA) is 296 Å². The van der Waals surface area contributed by atoms with Crippen molar-refractivity contribution in [1.82, 2.24) is 31.5 Å². The van der Waals surface area contributed by atoms with Crippen molar-refractivity contribution in [3.05, 3.63) is 95.6 Å². The first-order valence-electron chi connectivity index (χ1n) is 18.7. The normalized spacial score (nSPS) is 16.1. The smallest absolute Gasteiger partial charge is 0.246 e. The molecule has 3 aromatic carbocycles. The van der Waals surface area contributed by atoms with Gasteiger partial charge in [-0.25, -0.2) is 0 Å². The molecule has 0 saturated carbocycles. The summed E-state index contributed by atoms with van der Waals surface area (Å²) >= 11 is 0. The highest BCUT2D eigenvalue weighted by Crippen LogP contribution is 2.21. The first-order valence-corrected chi connectivity index (χ1v) is 18.7. The largest absolute Gasteiger partial charge is 0.508 e. The van der Waals surface area contributed by atoms with Crippen molar-refractivity contribution in [3.8, 4) is 11.5 Å². The van der Waals surface area contributed by atoms with Crippen LogP contribution in [-0.4, -0.2) is 118 Å². The van der Waals surface area contributed by atoms with Crippen LogP contribution in [0.1, 0.15) is 36.5 Å². The van der Waals surface area contributed by atoms with Gasteiger partial charge in [0.15, 0.2) is 0 Å². The van der Waals surface area contributed by atoms with E-state index in [4.69, 9.17) is 11.5 Å². The van der Waals surface area contributed by atoms with Crippen molar-refractivity contribution in [2.45, 2.75) is 75.3 Å². The minimum absolute atomic E-state index is 0.000464. The van der Waals surface area contributed by atoms with Gasteiger partial charge in [0.2, 0.25) is 41.4 Å². The molecular weight excluding hydrogens is 752 g/mol. The number of carbonyl (C=O) groups is 7. The fraction of sp³-hybridized carbons (Fsp3) is 0.375. The second kappa shape index (κ2) is 21.1. The molecule has 1 aliphatic heterocycles. The quantitative estimate of drug-likeness (QED) is 0.0632. The highest BCUT2D eigenvalue weighted by molar-refractivity contribution is 5.96. The highest BCUT2D eigenvalue weighted by Gasteiger charge is 2.39. The lowest BCUT2D eigenvalue weighted by Gasteiger charge is -2.29. The lowest BCUT2D eigenvalue weighted by Crippen LogP contribution is -2.58. The van der Waals surface area contributed by atoms with Crippen LogP contribution in [0.4, 0.5) is 0 Å². The molecule has 0 spiro atoms. The van der Waals surface area contributed by atoms with Crippen LogP contribution in [0.3, 0.4) is 0 Å². The van der Waals surface area contributed by atoms with E-state index >= 15 is 0 Å². The van der Waals surface area contributed by atoms with Crippen LogP contribution in [0.25, 0.3) is 0 Å². The van der Waals surface area contributed by atoms with E-state index in [1.165, 1.54) is 36.1 Å². The van der Waals surface area contributed by atoms with E-state index in [9.17, 15) is 48.9 Å². The molecule has 1 heterocycles. The first kappa shape index (κ1) is 44.2. The third kappa shape index (κ3) is 13.0. The van der Waals surface area contributed by atoms with Gasteiger partial charge in [0.25, 0.3) is 0 Å². The zero-order valence-electron chi connectivity index (χ0n) is 31.9. The molecule has 4 rings (SSSR count). The minimum Gasteiger partial charge on any atom is -0.508 e. The van der Waals surface area contributed by atoms with Gasteiger partial charge in [-0.3, -0.25) is 33.6 Å². The Morgan fingerprint density at radius 3 is 1.74 bits per heavy atom. The standard InChI is InChI=1S/C40H50N8O10/c1-23(41)36(54)45-30(19-25-9-13-27(50)14-10-25)38(56)46-29(18-24-6-3-2-4-7-24)37(55)43-21-34(52)44-31(20-26-11-15-28(51)16-12-26)40(58)48-17-5-8-33(48)39(57)47-32(22-49)35(42)53/h2-4,6-7,9-16,23,29-33,49-51H,5,8,17-22,41H2,1H3,(H2,42,53)(H,43,55)(H,44,52)(H,45,54)(H,46,56)(H,47,57)/t23-,29-,30-,31-,32-,33-/m0/s1. The average Bonchev–Trinajstić information content (AvgIpc) is 3.70. The summed E-state index contributed by atoms with van der Waals surface area (Å²) in [5.74, 6) is -5.18. The van der Waals surface area contributed by atoms with Crippen molar-refractivity contribution >= 4 is 41.4 Å². The van der Waals surface area contributed by atoms with Gasteiger partial charge in [-0.15, -0.1) is 0 Å². The molecule has 7 amide bonds. The molecule has 1 aliphatic rings. The number of nitrogens with one attached hydrogen (secondary N) is 5. The Morgan fingerprint density at radius 2 is 1.21 bits per heavy atom. The van der Waals surface area contributed by atoms with Gasteiger partial charge in [-0.2, -0.15) is 0 Å². The van der Waals surface area contributed by atoms with E-state index in [2.05, 4.69) is 26.6 Å². The minimum atomic E-state index is -1.37. The van der Waals surface area contributed by atoms with Crippen LogP contribution in [0.5, 0.6) is 11.5 Å². The molecular formula is C40H50N8O10. The van der Waals surface area contributed by atoms with Gasteiger partial charge in [0.1, 0.15) is 41.7 Å². The van der Waals surface area contributed by atoms with Crippen LogP contribution >= 0.6 is 0 Å². The molecule has 0 aromatic heterocycles. The molecule has 18 nitrogen and oxygen atoms in total. The van der Waals surface area contributed by atoms with Crippen molar-refractivity contribution in [1.29, 1.82) is 0 Å². The third-order valence-corrected chi connectivity index (χ3v) is 9.45. The molecule has 58 heavy (non-hydrogen) atoms. The number of benzene rings is 3. The molecule has 18 heteroatoms. The van der Waals surface area contributed by atoms with Gasteiger partial charge in [-0.05, 0) is 60.7 Å². The number of nitrogens with two attached hydrogens (primary N) is 2. The summed E-state index contributed by atoms with van der Waals surface area (Å²) in [6.45, 7) is 0.228. The summed E-state index contributed by atoms with van der Waals surface area (Å²) in [5.41, 5.74) is 12.8. The summed E-state index contributed by atoms with van der Waals surface area (Å²) in [6.07, 6.45) is 0.603. The van der Waals surface area contributed by atoms with E-state index < -0.39 is 90.8 Å². The van der Waals surface area contributed by atoms with E-state index in [0.717, 1.165) is 0 Å². The number of aliphatic hydroxyl groups is 1. The molecule has 0 unspecified atom stereocenters. The molecule has 3 aromatic rings. The Bertz CT molecular complexity index is 1910. The number of hydrogen-bond acceptors (Lipinski definition) is 11. The molecule has 310 valence electrons. The Morgan fingerprint density at radius 1 is 0.690 bits per heavy atom. The molecule has 6 atom stereocenters. The van der Waals surface area contributed by atoms with E-state index in [1.54, 1.807) is 54.6 Å². The Labute approximate surface area is 334 Å². The van der Waals surface area contributed by atoms with E-state index in [0.29, 0.717) is 23.1 Å². The third-order valence-electron chi connectivity index (χ3n) is 9.45. The fourth-order valence-electron chi connectivity index (χ4n) is 6.29. The van der Waals surface area contributed by atoms with Gasteiger partial charge in [0.05, 0.1) is 19.2 Å². The molecule has 0 aliphatic carbocycles. The highest BCUT2D eigenvalue weighted by atomic mass is 16.3. The molecule has 1 fully saturated rings. The number of likely N-dealkylation sites (tertiary alicyclic amines) is 1. The predicted octanol–water partition coefficient (Wildman–Crippen LogP) is -2.00. The second-order valence-electron chi connectivity index (χ2n) is 14.0. The number of phenols is 2. The van der Waals surface area contributed by atoms with Gasteiger partial charge in [0, 0.05) is 25.8 Å². The first-order chi connectivity index (χ1) is 27.6. The lowest BCUT2D eigenvalue weighted by atomic mass is 10.0. The average molecular weight is 803 g/mol. The molecule has 1 saturated heterocycles. The summed E-state index contributed by atoms with van der Waals surface area (Å²) in [5, 5.41) is 41.8. The predicted molar refractivity (Wildman–Crippen MR) is 209 cm³/mol. The number of carbonyl (C=O) groups excluding carboxylic acids is 7. The molecule has 0 radical (unpaired) electrons. The number of nitrogens with zero attached hydrogens (tertiary/aromatic N) is 1. The zero-order chi connectivity index (χ0) is 42.4. The van der Waals surface area contributed by atoms with Crippen LogP contribution < -0.4 is 38.1 Å². The summed E-state index contributed by atoms with van der Waals surface area (Å²) in [4.78, 5) is 93.6. The van der Waals surface area contributed by atoms with Gasteiger partial charge in [-0.1, -0.05) is 54.6 Å². The SMILES string of the molecule is C[C@H](N)C(=O)N[C@@H](Cc1ccc(O)cc1)C(=O)N[C@@H](Cc1ccccc1)C(=O)NCC(=O)N[C@@H](Cc1ccc(O)cc1)C(=O)N1CCC[C@H]1C(=O)N[C@@H](CO)C(N)=O. The Kier molecular flexibility index (Phi) is 16.1. The van der Waals surface area contributed by atoms with Crippen LogP contribution in [0.2, 0.25) is 0 Å². The van der Waals surface area contributed by atoms with Crippen LogP contribution in [-0.2, 0) is 52.8 Å². The molecule has 0 bridgehead atoms. The Balaban J connectivity index is 1.50. The van der Waals surface area contributed by atoms with Crippen molar-refractivity contribution < 1.29 is 48.9 Å². The number of aromatic hydroxyl groups is 2. The summed E-state index contributed by atoms with van der Waals surface area (Å²) < 4.78 is 0. The number of aliphatic hydroxyl groups excluding tert-OH is 1. The zero-order valence-corrected chi connectivity index (χ0v) is 31.9. The number of hydrogen-bond donors (Lipinski definition) is 10. The molecule has 12 N–H and O–H groups in total. The number of amides is 7. The number of phenolic OH excluding ortho intramolecular Hbond substituents is 2. The number of primary amides is 1. The van der Waals surface area contributed by atoms with Gasteiger partial charge >= 0.3 is 0 Å². The number of rotatable bonds is 19. The van der Waals surface area contributed by atoms with Crippen LogP contribution in [0.15, 0.2) is 78.9 Å². The fourth-order valence-corrected chi connectivity index (χ4v) is 6.29. The second-order valence-corrected chi connectivity index (χ2v) is 14.0. The van der Waals surface area contributed by atoms with Crippen molar-refractivity contribution in [2.24, 2.45) is 11.5 Å². The maximum atomic E-state index is 14.0. The van der Waals surface area contributed by atoms with E-state index in [1.807, 2.05) is 0 Å². The van der Waals surface area contributed by atoms with Crippen molar-refractivity contribution in [2.75, 3.05) is 19.7 Å². The van der Waals surface area contributed by atoms with Gasteiger partial charge < -0.3 is 58.3 Å². The van der Waals surface area contributed by atoms with Crippen LogP contribution in [0, 0.1) is 0 Å². The maximum Gasteiger partial charge on any atom is 0.246 e. The van der Waals surface area contributed by atoms with E-state index in [-0.39, 0.29) is 43.7 Å². The van der Waals surface area contributed by atoms with Crippen molar-refractivity contribution in [3.63, 3.8) is 0 Å². The summed E-state index contributed by atoms with van der Waals surface area (Å²) in [6, 6.07) is 13.7. The Hall–Kier alpha value is -6.53.